The molecule has 0 amide bonds. The molecule has 0 radical (unpaired) electrons. The Morgan fingerprint density at radius 1 is 1.15 bits per heavy atom. The van der Waals surface area contributed by atoms with Crippen LogP contribution in [0, 0.1) is 0 Å². The molecule has 0 saturated carbocycles. The van der Waals surface area contributed by atoms with E-state index in [9.17, 15) is 22.0 Å². The molecule has 2 nitrogen and oxygen atoms in total. The van der Waals surface area contributed by atoms with E-state index in [1.54, 1.807) is 0 Å². The van der Waals surface area contributed by atoms with Crippen molar-refractivity contribution in [3.63, 3.8) is 0 Å². The van der Waals surface area contributed by atoms with E-state index in [0.717, 1.165) is 0 Å². The van der Waals surface area contributed by atoms with Crippen LogP contribution in [0.5, 0.6) is 0 Å². The molecule has 7 heteroatoms. The van der Waals surface area contributed by atoms with Crippen molar-refractivity contribution in [2.24, 2.45) is 0 Å². The molecule has 0 heterocycles. The molecule has 0 spiro atoms. The van der Waals surface area contributed by atoms with Crippen LogP contribution in [0.15, 0.2) is 0 Å². The minimum absolute atomic E-state index is 0.368. The van der Waals surface area contributed by atoms with E-state index in [1.807, 2.05) is 0 Å². The molecule has 0 aliphatic heterocycles. The number of hydrogen-bond acceptors (Lipinski definition) is 2. The largest absolute Gasteiger partial charge is 0.420 e. The van der Waals surface area contributed by atoms with Gasteiger partial charge in [0.2, 0.25) is 0 Å². The lowest BCUT2D eigenvalue weighted by atomic mass is 10.1. The van der Waals surface area contributed by atoms with Gasteiger partial charge in [0.15, 0.2) is 6.17 Å². The second-order valence-electron chi connectivity index (χ2n) is 2.50. The van der Waals surface area contributed by atoms with Gasteiger partial charge in [-0.3, -0.25) is 0 Å². The smallest absolute Gasteiger partial charge is 0.396 e. The maximum Gasteiger partial charge on any atom is 0.420 e. The number of aliphatic hydroxyl groups is 2. The summed E-state index contributed by atoms with van der Waals surface area (Å²) in [6.45, 7) is -0.576. The molecule has 0 fully saturated rings. The number of halogens is 5. The number of aliphatic hydroxyl groups excluding tert-OH is 1. The quantitative estimate of drug-likeness (QED) is 0.669. The molecule has 0 aliphatic rings. The molecule has 13 heavy (non-hydrogen) atoms. The second kappa shape index (κ2) is 4.19. The van der Waals surface area contributed by atoms with Crippen molar-refractivity contribution >= 4 is 0 Å². The number of alkyl halides is 5. The van der Waals surface area contributed by atoms with Crippen LogP contribution in [0.25, 0.3) is 0 Å². The third-order valence-electron chi connectivity index (χ3n) is 1.41. The maximum absolute atomic E-state index is 12.4. The monoisotopic (exact) mass is 208 g/mol. The zero-order valence-corrected chi connectivity index (χ0v) is 6.48. The van der Waals surface area contributed by atoms with Crippen LogP contribution < -0.4 is 0 Å². The highest BCUT2D eigenvalue weighted by molar-refractivity contribution is 4.83. The Hall–Kier alpha value is -0.430. The zero-order chi connectivity index (χ0) is 10.7. The molecule has 0 aromatic carbocycles. The average Bonchev–Trinajstić information content (AvgIpc) is 1.97. The molecule has 80 valence electrons. The number of hydrogen-bond donors (Lipinski definition) is 2. The Balaban J connectivity index is 4.27. The second-order valence-corrected chi connectivity index (χ2v) is 2.50. The summed E-state index contributed by atoms with van der Waals surface area (Å²) in [6, 6.07) is 0. The fraction of sp³-hybridized carbons (Fsp3) is 1.00. The van der Waals surface area contributed by atoms with Crippen LogP contribution in [-0.4, -0.2) is 35.0 Å². The van der Waals surface area contributed by atoms with E-state index in [4.69, 9.17) is 10.2 Å². The van der Waals surface area contributed by atoms with Crippen molar-refractivity contribution in [3.8, 4) is 0 Å². The summed E-state index contributed by atoms with van der Waals surface area (Å²) in [7, 11) is 0. The van der Waals surface area contributed by atoms with E-state index in [-0.39, 0.29) is 6.42 Å². The van der Waals surface area contributed by atoms with Crippen LogP contribution in [0.2, 0.25) is 0 Å². The van der Waals surface area contributed by atoms with E-state index in [2.05, 4.69) is 0 Å². The Bertz CT molecular complexity index is 156. The molecule has 0 bridgehead atoms. The first kappa shape index (κ1) is 12.6. The first-order valence-electron chi connectivity index (χ1n) is 3.46. The van der Waals surface area contributed by atoms with E-state index >= 15 is 0 Å². The highest BCUT2D eigenvalue weighted by atomic mass is 19.3. The van der Waals surface area contributed by atoms with Crippen molar-refractivity contribution in [2.75, 3.05) is 6.61 Å². The Labute approximate surface area is 71.0 Å². The molecule has 2 N–H and O–H groups in total. The van der Waals surface area contributed by atoms with Crippen molar-refractivity contribution in [3.05, 3.63) is 0 Å². The Morgan fingerprint density at radius 3 is 1.92 bits per heavy atom. The van der Waals surface area contributed by atoms with Crippen molar-refractivity contribution < 1.29 is 32.2 Å². The molecular weight excluding hydrogens is 199 g/mol. The van der Waals surface area contributed by atoms with Gasteiger partial charge < -0.3 is 10.2 Å². The van der Waals surface area contributed by atoms with Gasteiger partial charge in [-0.05, 0) is 12.8 Å². The lowest BCUT2D eigenvalue weighted by Gasteiger charge is -2.24. The summed E-state index contributed by atoms with van der Waals surface area (Å²) in [4.78, 5) is 0. The summed E-state index contributed by atoms with van der Waals surface area (Å²) in [6.07, 6.45) is -9.84. The zero-order valence-electron chi connectivity index (χ0n) is 6.48. The Morgan fingerprint density at radius 2 is 1.62 bits per heavy atom. The molecule has 0 aromatic rings. The third kappa shape index (κ3) is 3.07. The Kier molecular flexibility index (Phi) is 4.05. The van der Waals surface area contributed by atoms with Gasteiger partial charge in [0.05, 0.1) is 0 Å². The van der Waals surface area contributed by atoms with E-state index in [1.165, 1.54) is 0 Å². The highest BCUT2D eigenvalue weighted by Crippen LogP contribution is 2.37. The normalized spacial score (nSPS) is 15.9. The first-order valence-corrected chi connectivity index (χ1v) is 3.46. The van der Waals surface area contributed by atoms with Crippen LogP contribution in [-0.2, 0) is 0 Å². The first-order chi connectivity index (χ1) is 5.73. The van der Waals surface area contributed by atoms with Gasteiger partial charge in [-0.1, -0.05) is 0 Å². The maximum atomic E-state index is 12.4. The molecule has 0 rings (SSSR count). The SMILES string of the molecule is OCCCC(F)C(F)(F)C(O)(F)F. The molecule has 0 aliphatic carbocycles. The molecular formula is C6H9F5O2. The fourth-order valence-electron chi connectivity index (χ4n) is 0.640. The lowest BCUT2D eigenvalue weighted by Crippen LogP contribution is -2.47. The van der Waals surface area contributed by atoms with Crippen molar-refractivity contribution in [1.82, 2.24) is 0 Å². The van der Waals surface area contributed by atoms with Gasteiger partial charge in [0.1, 0.15) is 0 Å². The summed E-state index contributed by atoms with van der Waals surface area (Å²) in [5.74, 6) is -5.11. The van der Waals surface area contributed by atoms with Gasteiger partial charge in [-0.25, -0.2) is 4.39 Å². The van der Waals surface area contributed by atoms with Gasteiger partial charge in [0.25, 0.3) is 0 Å². The lowest BCUT2D eigenvalue weighted by molar-refractivity contribution is -0.342. The fourth-order valence-corrected chi connectivity index (χ4v) is 0.640. The highest BCUT2D eigenvalue weighted by Gasteiger charge is 2.60. The van der Waals surface area contributed by atoms with E-state index in [0.29, 0.717) is 0 Å². The van der Waals surface area contributed by atoms with Gasteiger partial charge in [0, 0.05) is 6.61 Å². The van der Waals surface area contributed by atoms with Crippen LogP contribution in [0.1, 0.15) is 12.8 Å². The van der Waals surface area contributed by atoms with Gasteiger partial charge in [-0.15, -0.1) is 0 Å². The summed E-state index contributed by atoms with van der Waals surface area (Å²) in [5, 5.41) is 15.8. The minimum Gasteiger partial charge on any atom is -0.396 e. The molecule has 1 unspecified atom stereocenters. The molecule has 1 atom stereocenters. The number of rotatable bonds is 5. The average molecular weight is 208 g/mol. The van der Waals surface area contributed by atoms with E-state index < -0.39 is 31.2 Å². The van der Waals surface area contributed by atoms with Crippen LogP contribution in [0.3, 0.4) is 0 Å². The van der Waals surface area contributed by atoms with Gasteiger partial charge >= 0.3 is 12.0 Å². The predicted molar refractivity (Wildman–Crippen MR) is 33.3 cm³/mol. The van der Waals surface area contributed by atoms with Crippen LogP contribution in [0.4, 0.5) is 22.0 Å². The topological polar surface area (TPSA) is 40.5 Å². The van der Waals surface area contributed by atoms with Crippen molar-refractivity contribution in [2.45, 2.75) is 31.0 Å². The molecule has 0 aromatic heterocycles. The predicted octanol–water partition coefficient (Wildman–Crippen LogP) is 1.32. The summed E-state index contributed by atoms with van der Waals surface area (Å²) < 4.78 is 60.1. The third-order valence-corrected chi connectivity index (χ3v) is 1.41. The molecule has 0 saturated heterocycles. The minimum atomic E-state index is -5.37. The summed E-state index contributed by atoms with van der Waals surface area (Å²) in [5.41, 5.74) is 0. The standard InChI is InChI=1S/C6H9F5O2/c7-4(2-1-3-12)5(8,9)6(10,11)13/h4,12-13H,1-3H2. The van der Waals surface area contributed by atoms with Crippen molar-refractivity contribution in [1.29, 1.82) is 0 Å². The van der Waals surface area contributed by atoms with Gasteiger partial charge in [-0.2, -0.15) is 17.6 Å². The summed E-state index contributed by atoms with van der Waals surface area (Å²) >= 11 is 0. The van der Waals surface area contributed by atoms with Crippen LogP contribution >= 0.6 is 0 Å².